The normalized spacial score (nSPS) is 18.8. The molecule has 2 heteroatoms. The summed E-state index contributed by atoms with van der Waals surface area (Å²) in [7, 11) is 4.12. The largest absolute Gasteiger partial charge is 0.352 e. The zero-order valence-corrected chi connectivity index (χ0v) is 7.05. The summed E-state index contributed by atoms with van der Waals surface area (Å²) in [6.07, 6.45) is 4.12. The Kier molecular flexibility index (Phi) is 1.70. The van der Waals surface area contributed by atoms with E-state index in [1.807, 2.05) is 0 Å². The van der Waals surface area contributed by atoms with Gasteiger partial charge in [-0.15, -0.1) is 0 Å². The molecule has 0 saturated carbocycles. The second-order valence-corrected chi connectivity index (χ2v) is 2.69. The fourth-order valence-corrected chi connectivity index (χ4v) is 0.934. The van der Waals surface area contributed by atoms with E-state index >= 15 is 0 Å². The second kappa shape index (κ2) is 2.37. The van der Waals surface area contributed by atoms with Crippen LogP contribution in [0.1, 0.15) is 13.8 Å². The maximum atomic E-state index is 2.12. The molecular weight excluding hydrogens is 124 g/mol. The van der Waals surface area contributed by atoms with E-state index in [1.54, 1.807) is 0 Å². The monoisotopic (exact) mass is 138 g/mol. The minimum Gasteiger partial charge on any atom is -0.352 e. The van der Waals surface area contributed by atoms with Crippen molar-refractivity contribution in [3.8, 4) is 0 Å². The molecule has 0 N–H and O–H groups in total. The topological polar surface area (TPSA) is 6.48 Å². The van der Waals surface area contributed by atoms with Crippen LogP contribution in [0.5, 0.6) is 0 Å². The van der Waals surface area contributed by atoms with Gasteiger partial charge in [-0.05, 0) is 13.8 Å². The van der Waals surface area contributed by atoms with Crippen molar-refractivity contribution >= 4 is 0 Å². The fraction of sp³-hybridized carbons (Fsp3) is 0.500. The van der Waals surface area contributed by atoms with Crippen LogP contribution >= 0.6 is 0 Å². The molecule has 0 fully saturated rings. The molecule has 56 valence electrons. The lowest BCUT2D eigenvalue weighted by Gasteiger charge is -2.28. The Balaban J connectivity index is 2.88. The lowest BCUT2D eigenvalue weighted by Crippen LogP contribution is -2.22. The highest BCUT2D eigenvalue weighted by Gasteiger charge is 2.07. The first-order valence-electron chi connectivity index (χ1n) is 3.44. The summed E-state index contributed by atoms with van der Waals surface area (Å²) in [6.45, 7) is 4.24. The van der Waals surface area contributed by atoms with Gasteiger partial charge in [0.15, 0.2) is 0 Å². The van der Waals surface area contributed by atoms with Gasteiger partial charge in [-0.3, -0.25) is 0 Å². The summed E-state index contributed by atoms with van der Waals surface area (Å²) in [5, 5.41) is 0. The number of hydrogen-bond acceptors (Lipinski definition) is 2. The van der Waals surface area contributed by atoms with Crippen LogP contribution in [0, 0.1) is 0 Å². The molecule has 0 atom stereocenters. The first-order chi connectivity index (χ1) is 4.63. The Morgan fingerprint density at radius 1 is 0.900 bits per heavy atom. The highest BCUT2D eigenvalue weighted by Crippen LogP contribution is 2.16. The maximum Gasteiger partial charge on any atom is 0.0334 e. The first kappa shape index (κ1) is 7.19. The van der Waals surface area contributed by atoms with Crippen LogP contribution in [0.15, 0.2) is 23.8 Å². The standard InChI is InChI=1S/C8H14N2/c1-7-8(2)10(4)6-5-9(7)3/h5-6H,1-4H3. The molecule has 0 spiro atoms. The molecule has 0 saturated heterocycles. The van der Waals surface area contributed by atoms with Gasteiger partial charge in [-0.2, -0.15) is 0 Å². The van der Waals surface area contributed by atoms with E-state index in [1.165, 1.54) is 11.4 Å². The van der Waals surface area contributed by atoms with E-state index in [9.17, 15) is 0 Å². The summed E-state index contributed by atoms with van der Waals surface area (Å²) in [5.74, 6) is 0. The van der Waals surface area contributed by atoms with Gasteiger partial charge < -0.3 is 9.80 Å². The average Bonchev–Trinajstić information content (AvgIpc) is 1.93. The van der Waals surface area contributed by atoms with E-state index in [2.05, 4.69) is 50.1 Å². The fourth-order valence-electron chi connectivity index (χ4n) is 0.934. The Labute approximate surface area is 62.4 Å². The third-order valence-corrected chi connectivity index (χ3v) is 2.10. The van der Waals surface area contributed by atoms with E-state index in [4.69, 9.17) is 0 Å². The zero-order valence-electron chi connectivity index (χ0n) is 7.05. The molecular formula is C8H14N2. The zero-order chi connectivity index (χ0) is 7.72. The van der Waals surface area contributed by atoms with Crippen LogP contribution in [-0.4, -0.2) is 23.9 Å². The third kappa shape index (κ3) is 1.01. The van der Waals surface area contributed by atoms with E-state index in [0.29, 0.717) is 0 Å². The van der Waals surface area contributed by atoms with E-state index in [0.717, 1.165) is 0 Å². The molecule has 0 amide bonds. The third-order valence-electron chi connectivity index (χ3n) is 2.10. The van der Waals surface area contributed by atoms with Crippen molar-refractivity contribution in [3.05, 3.63) is 23.8 Å². The van der Waals surface area contributed by atoms with Crippen molar-refractivity contribution in [2.45, 2.75) is 13.8 Å². The van der Waals surface area contributed by atoms with Crippen LogP contribution in [0.3, 0.4) is 0 Å². The highest BCUT2D eigenvalue weighted by atomic mass is 15.2. The second-order valence-electron chi connectivity index (χ2n) is 2.69. The summed E-state index contributed by atoms with van der Waals surface area (Å²) in [5.41, 5.74) is 2.62. The van der Waals surface area contributed by atoms with Gasteiger partial charge in [0.2, 0.25) is 0 Å². The molecule has 0 aromatic heterocycles. The maximum absolute atomic E-state index is 2.12. The number of hydrogen-bond donors (Lipinski definition) is 0. The molecule has 10 heavy (non-hydrogen) atoms. The average molecular weight is 138 g/mol. The van der Waals surface area contributed by atoms with Gasteiger partial charge in [0.1, 0.15) is 0 Å². The molecule has 1 rings (SSSR count). The molecule has 0 bridgehead atoms. The van der Waals surface area contributed by atoms with Gasteiger partial charge in [0.25, 0.3) is 0 Å². The van der Waals surface area contributed by atoms with Crippen molar-refractivity contribution in [3.63, 3.8) is 0 Å². The van der Waals surface area contributed by atoms with Crippen molar-refractivity contribution in [2.24, 2.45) is 0 Å². The van der Waals surface area contributed by atoms with Crippen molar-refractivity contribution in [2.75, 3.05) is 14.1 Å². The molecule has 1 aliphatic heterocycles. The Morgan fingerprint density at radius 2 is 1.20 bits per heavy atom. The Morgan fingerprint density at radius 3 is 1.50 bits per heavy atom. The summed E-state index contributed by atoms with van der Waals surface area (Å²) < 4.78 is 0. The van der Waals surface area contributed by atoms with E-state index < -0.39 is 0 Å². The predicted octanol–water partition coefficient (Wildman–Crippen LogP) is 1.59. The summed E-state index contributed by atoms with van der Waals surface area (Å²) >= 11 is 0. The molecule has 2 nitrogen and oxygen atoms in total. The van der Waals surface area contributed by atoms with Gasteiger partial charge in [-0.1, -0.05) is 0 Å². The number of rotatable bonds is 0. The van der Waals surface area contributed by atoms with Crippen LogP contribution in [0.2, 0.25) is 0 Å². The van der Waals surface area contributed by atoms with Crippen molar-refractivity contribution in [1.29, 1.82) is 0 Å². The summed E-state index contributed by atoms with van der Waals surface area (Å²) in [4.78, 5) is 4.24. The smallest absolute Gasteiger partial charge is 0.0334 e. The number of nitrogens with zero attached hydrogens (tertiary/aromatic N) is 2. The minimum atomic E-state index is 1.31. The molecule has 0 aliphatic carbocycles. The highest BCUT2D eigenvalue weighted by molar-refractivity contribution is 5.15. The van der Waals surface area contributed by atoms with Crippen LogP contribution in [0.25, 0.3) is 0 Å². The lowest BCUT2D eigenvalue weighted by atomic mass is 10.3. The van der Waals surface area contributed by atoms with Crippen molar-refractivity contribution < 1.29 is 0 Å². The van der Waals surface area contributed by atoms with Gasteiger partial charge in [-0.25, -0.2) is 0 Å². The Hall–Kier alpha value is -0.920. The molecule has 0 radical (unpaired) electrons. The van der Waals surface area contributed by atoms with E-state index in [-0.39, 0.29) is 0 Å². The molecule has 0 aromatic rings. The van der Waals surface area contributed by atoms with Gasteiger partial charge in [0, 0.05) is 37.9 Å². The van der Waals surface area contributed by atoms with Crippen molar-refractivity contribution in [1.82, 2.24) is 9.80 Å². The quantitative estimate of drug-likeness (QED) is 0.501. The van der Waals surface area contributed by atoms with Gasteiger partial charge in [0.05, 0.1) is 0 Å². The molecule has 1 aliphatic rings. The first-order valence-corrected chi connectivity index (χ1v) is 3.44. The lowest BCUT2D eigenvalue weighted by molar-refractivity contribution is 0.448. The van der Waals surface area contributed by atoms with Gasteiger partial charge >= 0.3 is 0 Å². The van der Waals surface area contributed by atoms with Crippen LogP contribution < -0.4 is 0 Å². The molecule has 0 unspecified atom stereocenters. The van der Waals surface area contributed by atoms with Crippen LogP contribution in [0.4, 0.5) is 0 Å². The predicted molar refractivity (Wildman–Crippen MR) is 43.0 cm³/mol. The SMILES string of the molecule is CC1=C(C)N(C)C=CN1C. The van der Waals surface area contributed by atoms with Crippen LogP contribution in [-0.2, 0) is 0 Å². The summed E-state index contributed by atoms with van der Waals surface area (Å²) in [6, 6.07) is 0. The molecule has 1 heterocycles. The number of allylic oxidation sites excluding steroid dienone is 2. The Bertz CT molecular complexity index is 171. The minimum absolute atomic E-state index is 1.31. The molecule has 0 aromatic carbocycles.